The van der Waals surface area contributed by atoms with Gasteiger partial charge in [0, 0.05) is 25.7 Å². The molecule has 0 amide bonds. The van der Waals surface area contributed by atoms with Crippen LogP contribution in [0.25, 0.3) is 0 Å². The van der Waals surface area contributed by atoms with Crippen molar-refractivity contribution in [2.75, 3.05) is 39.6 Å². The zero-order chi connectivity index (χ0) is 79.7. The molecule has 0 aliphatic rings. The average Bonchev–Trinajstić information content (AvgIpc) is 0.899. The van der Waals surface area contributed by atoms with E-state index >= 15 is 0 Å². The van der Waals surface area contributed by atoms with Crippen LogP contribution in [0.5, 0.6) is 0 Å². The van der Waals surface area contributed by atoms with Gasteiger partial charge in [-0.05, 0) is 31.6 Å². The minimum absolute atomic E-state index is 0.109. The molecule has 0 spiro atoms. The average molecular weight is 1590 g/mol. The number of rotatable bonds is 90. The highest BCUT2D eigenvalue weighted by atomic mass is 31.2. The zero-order valence-electron chi connectivity index (χ0n) is 71.7. The molecule has 0 aromatic heterocycles. The van der Waals surface area contributed by atoms with Crippen molar-refractivity contribution in [2.45, 2.75) is 509 Å². The Bertz CT molecular complexity index is 2070. The van der Waals surface area contributed by atoms with Crippen LogP contribution in [0.15, 0.2) is 0 Å². The van der Waals surface area contributed by atoms with Crippen molar-refractivity contribution < 1.29 is 80.2 Å². The summed E-state index contributed by atoms with van der Waals surface area (Å²) in [5.74, 6) is -1.37. The molecule has 0 aliphatic heterocycles. The lowest BCUT2D eigenvalue weighted by Crippen LogP contribution is -2.30. The summed E-state index contributed by atoms with van der Waals surface area (Å²) in [7, 11) is -9.93. The van der Waals surface area contributed by atoms with Crippen LogP contribution in [0.4, 0.5) is 0 Å². The quantitative estimate of drug-likeness (QED) is 0.0222. The molecule has 0 aromatic rings. The molecule has 0 aromatic carbocycles. The van der Waals surface area contributed by atoms with Gasteiger partial charge in [0.15, 0.2) is 12.2 Å². The van der Waals surface area contributed by atoms with Crippen LogP contribution in [0, 0.1) is 5.92 Å². The van der Waals surface area contributed by atoms with E-state index in [1.807, 2.05) is 0 Å². The Morgan fingerprint density at radius 3 is 0.624 bits per heavy atom. The fraction of sp³-hybridized carbons (Fsp3) is 0.956. The standard InChI is InChI=1S/C90H176O17P2/c1-6-9-12-15-18-21-24-27-30-33-36-37-39-42-45-48-51-54-61-66-71-75-89(94)106-85(79-100-87(92)73-68-63-58-52-49-46-43-41-38-34-31-28-25-22-19-16-13-10-7-2)81-104-108(96,97)102-77-84(91)78-103-109(98,99)105-82-86(80-101-88(93)74-69-64-59-56-55-57-62-67-72-83(4)5)107-90(95)76-70-65-60-53-50-47-44-40-35-32-29-26-23-20-17-14-11-8-3/h83-86,91H,6-82H2,1-5H3,(H,96,97)(H,98,99)/t84-,85-,86-/m1/s1. The highest BCUT2D eigenvalue weighted by Gasteiger charge is 2.31. The maximum absolute atomic E-state index is 13.2. The number of carbonyl (C=O) groups excluding carboxylic acids is 4. The summed E-state index contributed by atoms with van der Waals surface area (Å²) in [5, 5.41) is 10.7. The summed E-state index contributed by atoms with van der Waals surface area (Å²) in [6.07, 6.45) is 78.0. The molecule has 0 fully saturated rings. The third-order valence-electron chi connectivity index (χ3n) is 21.3. The predicted molar refractivity (Wildman–Crippen MR) is 451 cm³/mol. The van der Waals surface area contributed by atoms with Crippen LogP contribution in [0.1, 0.15) is 490 Å². The Balaban J connectivity index is 5.23. The smallest absolute Gasteiger partial charge is 0.462 e. The number of esters is 4. The molecule has 0 heterocycles. The number of phosphoric ester groups is 2. The van der Waals surface area contributed by atoms with E-state index in [0.717, 1.165) is 95.8 Å². The van der Waals surface area contributed by atoms with E-state index in [9.17, 15) is 43.2 Å². The number of unbranched alkanes of at least 4 members (excludes halogenated alkanes) is 62. The van der Waals surface area contributed by atoms with Crippen LogP contribution in [0.3, 0.4) is 0 Å². The van der Waals surface area contributed by atoms with Gasteiger partial charge >= 0.3 is 39.5 Å². The molecule has 0 saturated heterocycles. The van der Waals surface area contributed by atoms with Gasteiger partial charge < -0.3 is 33.8 Å². The SMILES string of the molecule is CCCCCCCCCCCCCCCCCCCCCCCC(=O)O[C@H](COC(=O)CCCCCCCCCCCCCCCCCCCCC)COP(=O)(O)OC[C@@H](O)COP(=O)(O)OC[C@@H](COC(=O)CCCCCCCCCCC(C)C)OC(=O)CCCCCCCCCCCCCCCCCCCC. The fourth-order valence-electron chi connectivity index (χ4n) is 14.2. The molecule has 17 nitrogen and oxygen atoms in total. The molecule has 0 bridgehead atoms. The van der Waals surface area contributed by atoms with Crippen LogP contribution in [-0.2, 0) is 65.4 Å². The Morgan fingerprint density at radius 1 is 0.248 bits per heavy atom. The minimum Gasteiger partial charge on any atom is -0.462 e. The van der Waals surface area contributed by atoms with Crippen molar-refractivity contribution in [2.24, 2.45) is 5.92 Å². The van der Waals surface area contributed by atoms with E-state index in [2.05, 4.69) is 34.6 Å². The van der Waals surface area contributed by atoms with Gasteiger partial charge in [-0.25, -0.2) is 9.13 Å². The van der Waals surface area contributed by atoms with Gasteiger partial charge in [0.1, 0.15) is 19.3 Å². The fourth-order valence-corrected chi connectivity index (χ4v) is 15.8. The number of hydrogen-bond acceptors (Lipinski definition) is 15. The Labute approximate surface area is 670 Å². The van der Waals surface area contributed by atoms with Crippen molar-refractivity contribution in [1.82, 2.24) is 0 Å². The van der Waals surface area contributed by atoms with Crippen molar-refractivity contribution >= 4 is 39.5 Å². The first-order valence-corrected chi connectivity index (χ1v) is 49.6. The number of hydrogen-bond donors (Lipinski definition) is 3. The van der Waals surface area contributed by atoms with Crippen molar-refractivity contribution in [3.63, 3.8) is 0 Å². The van der Waals surface area contributed by atoms with E-state index in [4.69, 9.17) is 37.0 Å². The lowest BCUT2D eigenvalue weighted by molar-refractivity contribution is -0.161. The monoisotopic (exact) mass is 1590 g/mol. The Kier molecular flexibility index (Phi) is 81.1. The third-order valence-corrected chi connectivity index (χ3v) is 23.2. The maximum Gasteiger partial charge on any atom is 0.472 e. The van der Waals surface area contributed by atoms with E-state index in [0.29, 0.717) is 25.7 Å². The summed E-state index contributed by atoms with van der Waals surface area (Å²) in [5.41, 5.74) is 0. The largest absolute Gasteiger partial charge is 0.472 e. The van der Waals surface area contributed by atoms with E-state index in [1.54, 1.807) is 0 Å². The molecule has 648 valence electrons. The van der Waals surface area contributed by atoms with Crippen LogP contribution < -0.4 is 0 Å². The number of aliphatic hydroxyl groups excluding tert-OH is 1. The summed E-state index contributed by atoms with van der Waals surface area (Å²) in [4.78, 5) is 73.4. The van der Waals surface area contributed by atoms with Gasteiger partial charge in [-0.1, -0.05) is 439 Å². The number of aliphatic hydroxyl groups is 1. The molecule has 0 rings (SSSR count). The van der Waals surface area contributed by atoms with Crippen molar-refractivity contribution in [1.29, 1.82) is 0 Å². The molecule has 0 aliphatic carbocycles. The lowest BCUT2D eigenvalue weighted by Gasteiger charge is -2.21. The first kappa shape index (κ1) is 107. The molecular weight excluding hydrogens is 1410 g/mol. The van der Waals surface area contributed by atoms with Crippen LogP contribution >= 0.6 is 15.6 Å². The second-order valence-electron chi connectivity index (χ2n) is 32.8. The van der Waals surface area contributed by atoms with E-state index in [1.165, 1.54) is 315 Å². The maximum atomic E-state index is 13.2. The van der Waals surface area contributed by atoms with Gasteiger partial charge in [-0.2, -0.15) is 0 Å². The van der Waals surface area contributed by atoms with Gasteiger partial charge in [-0.3, -0.25) is 37.3 Å². The third kappa shape index (κ3) is 83.8. The second-order valence-corrected chi connectivity index (χ2v) is 35.7. The van der Waals surface area contributed by atoms with Gasteiger partial charge in [0.25, 0.3) is 0 Å². The minimum atomic E-state index is -4.97. The summed E-state index contributed by atoms with van der Waals surface area (Å²) in [6.45, 7) is 7.36. The van der Waals surface area contributed by atoms with Crippen LogP contribution in [0.2, 0.25) is 0 Å². The highest BCUT2D eigenvalue weighted by molar-refractivity contribution is 7.47. The van der Waals surface area contributed by atoms with E-state index < -0.39 is 97.5 Å². The highest BCUT2D eigenvalue weighted by Crippen LogP contribution is 2.45. The molecule has 5 atom stereocenters. The Morgan fingerprint density at radius 2 is 0.422 bits per heavy atom. The van der Waals surface area contributed by atoms with Crippen LogP contribution in [-0.4, -0.2) is 96.7 Å². The molecule has 109 heavy (non-hydrogen) atoms. The van der Waals surface area contributed by atoms with Gasteiger partial charge in [-0.15, -0.1) is 0 Å². The van der Waals surface area contributed by atoms with Gasteiger partial charge in [0.2, 0.25) is 0 Å². The molecule has 0 saturated carbocycles. The summed E-state index contributed by atoms with van der Waals surface area (Å²) >= 11 is 0. The molecule has 3 N–H and O–H groups in total. The summed E-state index contributed by atoms with van der Waals surface area (Å²) in [6, 6.07) is 0. The first-order chi connectivity index (χ1) is 53.0. The number of carbonyl (C=O) groups is 4. The topological polar surface area (TPSA) is 237 Å². The molecule has 19 heteroatoms. The van der Waals surface area contributed by atoms with Crippen molar-refractivity contribution in [3.8, 4) is 0 Å². The van der Waals surface area contributed by atoms with Crippen molar-refractivity contribution in [3.05, 3.63) is 0 Å². The molecule has 2 unspecified atom stereocenters. The normalized spacial score (nSPS) is 13.7. The second kappa shape index (κ2) is 82.6. The molecule has 0 radical (unpaired) electrons. The first-order valence-electron chi connectivity index (χ1n) is 46.6. The predicted octanol–water partition coefficient (Wildman–Crippen LogP) is 27.9. The van der Waals surface area contributed by atoms with E-state index in [-0.39, 0.29) is 25.7 Å². The molecular formula is C90H176O17P2. The van der Waals surface area contributed by atoms with Gasteiger partial charge in [0.05, 0.1) is 26.4 Å². The number of ether oxygens (including phenoxy) is 4. The number of phosphoric acid groups is 2. The zero-order valence-corrected chi connectivity index (χ0v) is 73.5. The summed E-state index contributed by atoms with van der Waals surface area (Å²) < 4.78 is 69.0. The lowest BCUT2D eigenvalue weighted by atomic mass is 10.0. The Hall–Kier alpha value is -1.94.